The maximum atomic E-state index is 13.2. The van der Waals surface area contributed by atoms with Crippen LogP contribution in [0.3, 0.4) is 0 Å². The average molecular weight is 461 g/mol. The Morgan fingerprint density at radius 1 is 1.19 bits per heavy atom. The SMILES string of the molecule is Cc1ccc(S(=O)(=O)N2C=CNC(=O)C2CC(=O)NC2CCN(C3CC3)CC2(C)C)cc1. The van der Waals surface area contributed by atoms with Crippen LogP contribution in [-0.2, 0) is 19.6 Å². The van der Waals surface area contributed by atoms with Gasteiger partial charge in [0.05, 0.1) is 11.3 Å². The zero-order chi connectivity index (χ0) is 23.1. The van der Waals surface area contributed by atoms with Crippen molar-refractivity contribution in [2.45, 2.75) is 69.5 Å². The van der Waals surface area contributed by atoms with Crippen LogP contribution in [0.25, 0.3) is 0 Å². The molecular weight excluding hydrogens is 428 g/mol. The van der Waals surface area contributed by atoms with Gasteiger partial charge in [0.2, 0.25) is 11.8 Å². The predicted octanol–water partition coefficient (Wildman–Crippen LogP) is 1.72. The number of amides is 2. The van der Waals surface area contributed by atoms with Crippen LogP contribution in [0.15, 0.2) is 41.6 Å². The third kappa shape index (κ3) is 4.68. The summed E-state index contributed by atoms with van der Waals surface area (Å²) in [6.45, 7) is 8.03. The van der Waals surface area contributed by atoms with E-state index in [0.717, 1.165) is 29.4 Å². The monoisotopic (exact) mass is 460 g/mol. The second kappa shape index (κ2) is 8.51. The molecule has 0 bridgehead atoms. The molecule has 1 saturated carbocycles. The van der Waals surface area contributed by atoms with E-state index in [1.54, 1.807) is 12.1 Å². The Morgan fingerprint density at radius 3 is 2.50 bits per heavy atom. The Hall–Kier alpha value is -2.39. The number of carbonyl (C=O) groups excluding carboxylic acids is 2. The van der Waals surface area contributed by atoms with E-state index in [1.165, 1.54) is 37.4 Å². The number of sulfonamides is 1. The van der Waals surface area contributed by atoms with E-state index in [2.05, 4.69) is 29.4 Å². The number of likely N-dealkylation sites (tertiary alicyclic amines) is 1. The molecule has 174 valence electrons. The second-order valence-corrected chi connectivity index (χ2v) is 11.6. The highest BCUT2D eigenvalue weighted by molar-refractivity contribution is 7.89. The summed E-state index contributed by atoms with van der Waals surface area (Å²) in [5.41, 5.74) is 0.834. The molecule has 9 heteroatoms. The van der Waals surface area contributed by atoms with Crippen LogP contribution in [0.4, 0.5) is 0 Å². The predicted molar refractivity (Wildman–Crippen MR) is 121 cm³/mol. The van der Waals surface area contributed by atoms with Gasteiger partial charge < -0.3 is 10.6 Å². The first-order chi connectivity index (χ1) is 15.1. The lowest BCUT2D eigenvalue weighted by Crippen LogP contribution is -2.57. The van der Waals surface area contributed by atoms with E-state index >= 15 is 0 Å². The Bertz CT molecular complexity index is 1010. The number of nitrogens with zero attached hydrogens (tertiary/aromatic N) is 2. The first-order valence-corrected chi connectivity index (χ1v) is 12.6. The van der Waals surface area contributed by atoms with Gasteiger partial charge in [0.1, 0.15) is 6.04 Å². The molecule has 2 atom stereocenters. The maximum Gasteiger partial charge on any atom is 0.264 e. The van der Waals surface area contributed by atoms with E-state index < -0.39 is 22.0 Å². The van der Waals surface area contributed by atoms with Crippen molar-refractivity contribution in [2.24, 2.45) is 5.41 Å². The van der Waals surface area contributed by atoms with Crippen molar-refractivity contribution in [3.8, 4) is 0 Å². The minimum Gasteiger partial charge on any atom is -0.353 e. The van der Waals surface area contributed by atoms with Crippen molar-refractivity contribution in [3.05, 3.63) is 42.2 Å². The lowest BCUT2D eigenvalue weighted by molar-refractivity contribution is -0.130. The van der Waals surface area contributed by atoms with Crippen LogP contribution in [-0.4, -0.2) is 60.7 Å². The van der Waals surface area contributed by atoms with Crippen molar-refractivity contribution in [1.29, 1.82) is 0 Å². The molecule has 1 saturated heterocycles. The minimum absolute atomic E-state index is 0.0191. The number of piperidine rings is 1. The van der Waals surface area contributed by atoms with Gasteiger partial charge in [-0.3, -0.25) is 18.8 Å². The molecule has 1 aliphatic carbocycles. The highest BCUT2D eigenvalue weighted by Crippen LogP contribution is 2.36. The van der Waals surface area contributed by atoms with E-state index in [0.29, 0.717) is 6.04 Å². The maximum absolute atomic E-state index is 13.2. The Labute approximate surface area is 190 Å². The molecular formula is C23H32N4O4S. The van der Waals surface area contributed by atoms with Crippen LogP contribution in [0.2, 0.25) is 0 Å². The fourth-order valence-corrected chi connectivity index (χ4v) is 6.07. The lowest BCUT2D eigenvalue weighted by atomic mass is 9.79. The topological polar surface area (TPSA) is 98.8 Å². The van der Waals surface area contributed by atoms with Crippen molar-refractivity contribution < 1.29 is 18.0 Å². The standard InChI is InChI=1S/C23H32N4O4S/c1-16-4-8-18(9-5-16)32(30,31)27-13-11-24-22(29)19(27)14-21(28)25-20-10-12-26(17-6-7-17)15-23(20,2)3/h4-5,8-9,11,13,17,19-20H,6-7,10,12,14-15H2,1-3H3,(H,24,29)(H,25,28). The number of hydrogen-bond acceptors (Lipinski definition) is 5. The first kappa shape index (κ1) is 22.8. The van der Waals surface area contributed by atoms with Gasteiger partial charge in [-0.05, 0) is 43.7 Å². The fourth-order valence-electron chi connectivity index (χ4n) is 4.62. The van der Waals surface area contributed by atoms with Gasteiger partial charge in [0.15, 0.2) is 0 Å². The molecule has 0 radical (unpaired) electrons. The first-order valence-electron chi connectivity index (χ1n) is 11.2. The molecule has 2 heterocycles. The number of carbonyl (C=O) groups is 2. The smallest absolute Gasteiger partial charge is 0.264 e. The minimum atomic E-state index is -3.97. The third-order valence-corrected chi connectivity index (χ3v) is 8.49. The van der Waals surface area contributed by atoms with Crippen molar-refractivity contribution in [2.75, 3.05) is 13.1 Å². The summed E-state index contributed by atoms with van der Waals surface area (Å²) in [4.78, 5) is 28.1. The third-order valence-electron chi connectivity index (χ3n) is 6.69. The summed E-state index contributed by atoms with van der Waals surface area (Å²) >= 11 is 0. The largest absolute Gasteiger partial charge is 0.353 e. The quantitative estimate of drug-likeness (QED) is 0.674. The molecule has 0 aromatic heterocycles. The summed E-state index contributed by atoms with van der Waals surface area (Å²) in [5, 5.41) is 5.62. The number of hydrogen-bond donors (Lipinski definition) is 2. The normalized spacial score (nSPS) is 26.0. The molecule has 2 fully saturated rings. The molecule has 4 rings (SSSR count). The van der Waals surface area contributed by atoms with Gasteiger partial charge in [0.25, 0.3) is 10.0 Å². The Kier molecular flexibility index (Phi) is 6.06. The van der Waals surface area contributed by atoms with Gasteiger partial charge in [-0.25, -0.2) is 8.42 Å². The van der Waals surface area contributed by atoms with Crippen LogP contribution >= 0.6 is 0 Å². The van der Waals surface area contributed by atoms with Gasteiger partial charge in [-0.15, -0.1) is 0 Å². The Morgan fingerprint density at radius 2 is 1.88 bits per heavy atom. The molecule has 8 nitrogen and oxygen atoms in total. The van der Waals surface area contributed by atoms with E-state index in [-0.39, 0.29) is 28.7 Å². The van der Waals surface area contributed by atoms with Crippen LogP contribution < -0.4 is 10.6 Å². The highest BCUT2D eigenvalue weighted by Gasteiger charge is 2.42. The van der Waals surface area contributed by atoms with Crippen molar-refractivity contribution in [3.63, 3.8) is 0 Å². The molecule has 2 amide bonds. The second-order valence-electron chi connectivity index (χ2n) is 9.79. The molecule has 1 aromatic rings. The number of aryl methyl sites for hydroxylation is 1. The van der Waals surface area contributed by atoms with E-state index in [4.69, 9.17) is 0 Å². The average Bonchev–Trinajstić information content (AvgIpc) is 3.56. The molecule has 2 N–H and O–H groups in total. The van der Waals surface area contributed by atoms with Gasteiger partial charge >= 0.3 is 0 Å². The number of rotatable bonds is 6. The number of nitrogens with one attached hydrogen (secondary N) is 2. The van der Waals surface area contributed by atoms with Gasteiger partial charge in [0, 0.05) is 37.6 Å². The zero-order valence-corrected chi connectivity index (χ0v) is 19.7. The molecule has 3 aliphatic rings. The summed E-state index contributed by atoms with van der Waals surface area (Å²) in [7, 11) is -3.97. The fraction of sp³-hybridized carbons (Fsp3) is 0.565. The van der Waals surface area contributed by atoms with Crippen LogP contribution in [0, 0.1) is 12.3 Å². The van der Waals surface area contributed by atoms with Crippen molar-refractivity contribution in [1.82, 2.24) is 19.8 Å². The summed E-state index contributed by atoms with van der Waals surface area (Å²) in [5.74, 6) is -0.830. The zero-order valence-electron chi connectivity index (χ0n) is 18.9. The molecule has 0 spiro atoms. The summed E-state index contributed by atoms with van der Waals surface area (Å²) < 4.78 is 27.4. The van der Waals surface area contributed by atoms with Crippen LogP contribution in [0.5, 0.6) is 0 Å². The van der Waals surface area contributed by atoms with Crippen LogP contribution in [0.1, 0.15) is 45.1 Å². The van der Waals surface area contributed by atoms with E-state index in [1.807, 2.05) is 6.92 Å². The molecule has 2 unspecified atom stereocenters. The number of benzene rings is 1. The van der Waals surface area contributed by atoms with Crippen molar-refractivity contribution >= 4 is 21.8 Å². The molecule has 1 aromatic carbocycles. The molecule has 2 aliphatic heterocycles. The molecule has 32 heavy (non-hydrogen) atoms. The van der Waals surface area contributed by atoms with Gasteiger partial charge in [-0.2, -0.15) is 0 Å². The summed E-state index contributed by atoms with van der Waals surface area (Å²) in [6.07, 6.45) is 5.72. The summed E-state index contributed by atoms with van der Waals surface area (Å²) in [6, 6.07) is 5.97. The highest BCUT2D eigenvalue weighted by atomic mass is 32.2. The van der Waals surface area contributed by atoms with Gasteiger partial charge in [-0.1, -0.05) is 31.5 Å². The lowest BCUT2D eigenvalue weighted by Gasteiger charge is -2.45. The van der Waals surface area contributed by atoms with E-state index in [9.17, 15) is 18.0 Å². The Balaban J connectivity index is 1.46.